The van der Waals surface area contributed by atoms with E-state index in [1.807, 2.05) is 26.0 Å². The molecule has 1 heterocycles. The van der Waals surface area contributed by atoms with Crippen LogP contribution in [0.4, 0.5) is 0 Å². The molecule has 1 N–H and O–H groups in total. The normalized spacial score (nSPS) is 22.9. The van der Waals surface area contributed by atoms with E-state index in [9.17, 15) is 9.90 Å². The second-order valence-electron chi connectivity index (χ2n) is 6.95. The van der Waals surface area contributed by atoms with E-state index in [4.69, 9.17) is 9.47 Å². The fourth-order valence-corrected chi connectivity index (χ4v) is 3.10. The number of hydrogen-bond acceptors (Lipinski definition) is 4. The highest BCUT2D eigenvalue weighted by Crippen LogP contribution is 2.39. The number of carbonyl (C=O) groups excluding carboxylic acids is 1. The van der Waals surface area contributed by atoms with Crippen molar-refractivity contribution < 1.29 is 19.4 Å². The summed E-state index contributed by atoms with van der Waals surface area (Å²) < 4.78 is 10.7. The zero-order chi connectivity index (χ0) is 17.8. The topological polar surface area (TPSA) is 59.0 Å². The van der Waals surface area contributed by atoms with Crippen LogP contribution in [0, 0.1) is 5.41 Å². The molecule has 1 aliphatic heterocycles. The fraction of sp³-hybridized carbons (Fsp3) is 0.526. The molecule has 2 rings (SSSR count). The van der Waals surface area contributed by atoms with Gasteiger partial charge in [0.25, 0.3) is 5.91 Å². The van der Waals surface area contributed by atoms with E-state index in [-0.39, 0.29) is 12.5 Å². The molecular weight excluding hydrogens is 306 g/mol. The van der Waals surface area contributed by atoms with Crippen LogP contribution in [0.15, 0.2) is 36.9 Å². The average molecular weight is 333 g/mol. The van der Waals surface area contributed by atoms with Gasteiger partial charge in [-0.1, -0.05) is 32.6 Å². The molecule has 1 aromatic carbocycles. The van der Waals surface area contributed by atoms with Crippen molar-refractivity contribution in [3.05, 3.63) is 42.5 Å². The molecule has 0 spiro atoms. The highest BCUT2D eigenvalue weighted by atomic mass is 16.5. The van der Waals surface area contributed by atoms with Gasteiger partial charge in [0.15, 0.2) is 0 Å². The average Bonchev–Trinajstić information content (AvgIpc) is 2.55. The summed E-state index contributed by atoms with van der Waals surface area (Å²) in [5, 5.41) is 10.8. The molecule has 5 nitrogen and oxygen atoms in total. The van der Waals surface area contributed by atoms with Gasteiger partial charge in [-0.2, -0.15) is 0 Å². The highest BCUT2D eigenvalue weighted by Gasteiger charge is 2.48. The summed E-state index contributed by atoms with van der Waals surface area (Å²) in [7, 11) is 1.58. The summed E-state index contributed by atoms with van der Waals surface area (Å²) in [6.07, 6.45) is 2.16. The van der Waals surface area contributed by atoms with Gasteiger partial charge < -0.3 is 19.5 Å². The largest absolute Gasteiger partial charge is 0.490 e. The highest BCUT2D eigenvalue weighted by molar-refractivity contribution is 5.94. The van der Waals surface area contributed by atoms with Crippen LogP contribution < -0.4 is 4.74 Å². The number of carbonyl (C=O) groups is 1. The molecule has 132 valence electrons. The Labute approximate surface area is 143 Å². The Bertz CT molecular complexity index is 599. The van der Waals surface area contributed by atoms with Gasteiger partial charge in [0, 0.05) is 31.2 Å². The Balaban J connectivity index is 2.13. The molecule has 24 heavy (non-hydrogen) atoms. The van der Waals surface area contributed by atoms with Crippen LogP contribution in [-0.4, -0.2) is 54.9 Å². The number of ether oxygens (including phenoxy) is 2. The zero-order valence-corrected chi connectivity index (χ0v) is 14.7. The number of nitrogens with zero attached hydrogens (tertiary/aromatic N) is 1. The first-order valence-electron chi connectivity index (χ1n) is 8.17. The van der Waals surface area contributed by atoms with Gasteiger partial charge in [-0.15, -0.1) is 0 Å². The molecule has 0 radical (unpaired) electrons. The number of likely N-dealkylation sites (tertiary alicyclic amines) is 1. The summed E-state index contributed by atoms with van der Waals surface area (Å²) in [5.74, 6) is 0.597. The summed E-state index contributed by atoms with van der Waals surface area (Å²) in [5.41, 5.74) is -0.786. The number of amides is 1. The van der Waals surface area contributed by atoms with Crippen LogP contribution in [-0.2, 0) is 4.74 Å². The van der Waals surface area contributed by atoms with Crippen molar-refractivity contribution >= 4 is 5.91 Å². The lowest BCUT2D eigenvalue weighted by molar-refractivity contribution is -0.144. The van der Waals surface area contributed by atoms with Crippen LogP contribution in [0.1, 0.15) is 30.6 Å². The summed E-state index contributed by atoms with van der Waals surface area (Å²) in [6.45, 7) is 9.20. The number of aliphatic hydroxyl groups is 1. The molecule has 1 saturated heterocycles. The quantitative estimate of drug-likeness (QED) is 0.813. The lowest BCUT2D eigenvalue weighted by Gasteiger charge is -2.49. The predicted octanol–water partition coefficient (Wildman–Crippen LogP) is 2.50. The van der Waals surface area contributed by atoms with Crippen LogP contribution >= 0.6 is 0 Å². The fourth-order valence-electron chi connectivity index (χ4n) is 3.10. The Kier molecular flexibility index (Phi) is 5.67. The van der Waals surface area contributed by atoms with Gasteiger partial charge in [-0.3, -0.25) is 4.79 Å². The molecule has 1 aromatic rings. The first kappa shape index (κ1) is 18.5. The molecular formula is C19H27NO4. The maximum atomic E-state index is 12.8. The van der Waals surface area contributed by atoms with E-state index in [0.717, 1.165) is 0 Å². The van der Waals surface area contributed by atoms with Gasteiger partial charge in [0.05, 0.1) is 12.2 Å². The van der Waals surface area contributed by atoms with Crippen molar-refractivity contribution in [2.24, 2.45) is 5.41 Å². The molecule has 0 saturated carbocycles. The smallest absolute Gasteiger partial charge is 0.254 e. The standard InChI is InChI=1S/C19H27NO4/c1-5-11-24-16-8-6-7-15(12-16)17(21)20-10-9-19(22,14-23-4)18(2,3)13-20/h5-8,12,22H,1,9-11,13-14H2,2-4H3. The van der Waals surface area contributed by atoms with Gasteiger partial charge in [-0.05, 0) is 24.6 Å². The minimum absolute atomic E-state index is 0.0494. The van der Waals surface area contributed by atoms with Crippen molar-refractivity contribution in [2.75, 3.05) is 33.4 Å². The third-order valence-corrected chi connectivity index (χ3v) is 4.76. The molecule has 0 aliphatic carbocycles. The SMILES string of the molecule is C=CCOc1cccc(C(=O)N2CCC(O)(COC)C(C)(C)C2)c1. The minimum atomic E-state index is -0.923. The third-order valence-electron chi connectivity index (χ3n) is 4.76. The second-order valence-corrected chi connectivity index (χ2v) is 6.95. The number of rotatable bonds is 6. The Morgan fingerprint density at radius 1 is 1.46 bits per heavy atom. The zero-order valence-electron chi connectivity index (χ0n) is 14.7. The second kappa shape index (κ2) is 7.36. The van der Waals surface area contributed by atoms with Crippen molar-refractivity contribution in [1.82, 2.24) is 4.90 Å². The van der Waals surface area contributed by atoms with Crippen molar-refractivity contribution in [2.45, 2.75) is 25.9 Å². The van der Waals surface area contributed by atoms with E-state index in [2.05, 4.69) is 6.58 Å². The maximum Gasteiger partial charge on any atom is 0.254 e. The molecule has 1 atom stereocenters. The number of piperidine rings is 1. The number of methoxy groups -OCH3 is 1. The first-order chi connectivity index (χ1) is 11.3. The lowest BCUT2D eigenvalue weighted by atomic mass is 9.70. The summed E-state index contributed by atoms with van der Waals surface area (Å²) in [4.78, 5) is 14.6. The van der Waals surface area contributed by atoms with Crippen LogP contribution in [0.25, 0.3) is 0 Å². The van der Waals surface area contributed by atoms with E-state index in [1.165, 1.54) is 0 Å². The molecule has 1 fully saturated rings. The van der Waals surface area contributed by atoms with Crippen molar-refractivity contribution in [3.63, 3.8) is 0 Å². The maximum absolute atomic E-state index is 12.8. The first-order valence-corrected chi connectivity index (χ1v) is 8.17. The van der Waals surface area contributed by atoms with Gasteiger partial charge >= 0.3 is 0 Å². The third kappa shape index (κ3) is 3.79. The molecule has 0 aromatic heterocycles. The van der Waals surface area contributed by atoms with E-state index >= 15 is 0 Å². The van der Waals surface area contributed by atoms with Crippen LogP contribution in [0.3, 0.4) is 0 Å². The van der Waals surface area contributed by atoms with Crippen LogP contribution in [0.2, 0.25) is 0 Å². The molecule has 1 aliphatic rings. The lowest BCUT2D eigenvalue weighted by Crippen LogP contribution is -2.60. The molecule has 1 amide bonds. The molecule has 5 heteroatoms. The van der Waals surface area contributed by atoms with E-state index < -0.39 is 11.0 Å². The van der Waals surface area contributed by atoms with Crippen molar-refractivity contribution in [1.29, 1.82) is 0 Å². The minimum Gasteiger partial charge on any atom is -0.490 e. The van der Waals surface area contributed by atoms with Crippen LogP contribution in [0.5, 0.6) is 5.75 Å². The van der Waals surface area contributed by atoms with E-state index in [1.54, 1.807) is 30.2 Å². The monoisotopic (exact) mass is 333 g/mol. The summed E-state index contributed by atoms with van der Waals surface area (Å²) in [6, 6.07) is 7.15. The van der Waals surface area contributed by atoms with Crippen molar-refractivity contribution in [3.8, 4) is 5.75 Å². The van der Waals surface area contributed by atoms with Gasteiger partial charge in [0.2, 0.25) is 0 Å². The number of hydrogen-bond donors (Lipinski definition) is 1. The van der Waals surface area contributed by atoms with E-state index in [0.29, 0.717) is 37.4 Å². The molecule has 0 bridgehead atoms. The molecule has 1 unspecified atom stereocenters. The summed E-state index contributed by atoms with van der Waals surface area (Å²) >= 11 is 0. The predicted molar refractivity (Wildman–Crippen MR) is 93.3 cm³/mol. The Morgan fingerprint density at radius 3 is 2.83 bits per heavy atom. The number of benzene rings is 1. The Morgan fingerprint density at radius 2 is 2.21 bits per heavy atom. The van der Waals surface area contributed by atoms with Gasteiger partial charge in [0.1, 0.15) is 12.4 Å². The van der Waals surface area contributed by atoms with Gasteiger partial charge in [-0.25, -0.2) is 0 Å². The Hall–Kier alpha value is -1.85.